The van der Waals surface area contributed by atoms with Crippen LogP contribution in [0.25, 0.3) is 10.8 Å². The van der Waals surface area contributed by atoms with Crippen LogP contribution in [0.3, 0.4) is 0 Å². The molecule has 0 spiro atoms. The minimum Gasteiger partial charge on any atom is -0.290 e. The van der Waals surface area contributed by atoms with Crippen molar-refractivity contribution < 1.29 is 4.79 Å². The van der Waals surface area contributed by atoms with E-state index >= 15 is 0 Å². The minimum atomic E-state index is -0.276. The zero-order valence-electron chi connectivity index (χ0n) is 10.7. The molecule has 0 atom stereocenters. The lowest BCUT2D eigenvalue weighted by atomic mass is 10.1. The van der Waals surface area contributed by atoms with E-state index in [1.54, 1.807) is 12.1 Å². The van der Waals surface area contributed by atoms with Crippen LogP contribution in [-0.4, -0.2) is 15.9 Å². The summed E-state index contributed by atoms with van der Waals surface area (Å²) in [5, 5.41) is 4.94. The molecule has 0 aliphatic carbocycles. The molecule has 0 aliphatic rings. The van der Waals surface area contributed by atoms with E-state index in [1.807, 2.05) is 30.3 Å². The molecule has 1 heterocycles. The lowest BCUT2D eigenvalue weighted by molar-refractivity contribution is 0.102. The number of aromatic nitrogens is 2. The molecule has 0 bridgehead atoms. The third-order valence-electron chi connectivity index (χ3n) is 2.91. The molecular weight excluding hydrogens is 354 g/mol. The number of fused-ring (bicyclic) bond motifs is 1. The van der Waals surface area contributed by atoms with Crippen LogP contribution in [-0.2, 0) is 0 Å². The minimum absolute atomic E-state index is 0.184. The fourth-order valence-corrected chi connectivity index (χ4v) is 2.44. The van der Waals surface area contributed by atoms with Gasteiger partial charge in [0.05, 0.1) is 0 Å². The van der Waals surface area contributed by atoms with Crippen molar-refractivity contribution in [1.29, 1.82) is 0 Å². The Kier molecular flexibility index (Phi) is 3.86. The maximum Gasteiger partial charge on any atom is 0.258 e. The third-order valence-corrected chi connectivity index (χ3v) is 3.62. The Morgan fingerprint density at radius 1 is 1.10 bits per heavy atom. The van der Waals surface area contributed by atoms with Gasteiger partial charge in [0.25, 0.3) is 5.91 Å². The summed E-state index contributed by atoms with van der Waals surface area (Å²) in [4.78, 5) is 20.1. The van der Waals surface area contributed by atoms with Crippen molar-refractivity contribution in [2.75, 3.05) is 5.32 Å². The number of nitrogens with zero attached hydrogens (tertiary/aromatic N) is 2. The molecular formula is C15H9BrClN3O. The number of carbonyl (C=O) groups is 1. The van der Waals surface area contributed by atoms with Crippen molar-refractivity contribution >= 4 is 50.2 Å². The second-order valence-corrected chi connectivity index (χ2v) is 5.67. The average Bonchev–Trinajstić information content (AvgIpc) is 2.46. The molecule has 0 aliphatic heterocycles. The predicted molar refractivity (Wildman–Crippen MR) is 86.6 cm³/mol. The molecule has 21 heavy (non-hydrogen) atoms. The number of amides is 1. The van der Waals surface area contributed by atoms with Gasteiger partial charge in [-0.15, -0.1) is 0 Å². The molecule has 3 aromatic rings. The number of halogens is 2. The largest absolute Gasteiger partial charge is 0.290 e. The van der Waals surface area contributed by atoms with Gasteiger partial charge in [0.15, 0.2) is 0 Å². The number of anilines is 1. The molecule has 6 heteroatoms. The van der Waals surface area contributed by atoms with Gasteiger partial charge in [0.2, 0.25) is 5.95 Å². The van der Waals surface area contributed by atoms with Crippen molar-refractivity contribution in [3.05, 3.63) is 63.9 Å². The Morgan fingerprint density at radius 3 is 2.67 bits per heavy atom. The summed E-state index contributed by atoms with van der Waals surface area (Å²) in [7, 11) is 0. The van der Waals surface area contributed by atoms with E-state index in [-0.39, 0.29) is 17.0 Å². The van der Waals surface area contributed by atoms with Crippen LogP contribution < -0.4 is 5.32 Å². The second-order valence-electron chi connectivity index (χ2n) is 4.36. The summed E-state index contributed by atoms with van der Waals surface area (Å²) in [6, 6.07) is 12.9. The SMILES string of the molecule is O=C(Nc1nccc(Cl)n1)c1ccc2cc(Br)ccc2c1. The van der Waals surface area contributed by atoms with Crippen LogP contribution >= 0.6 is 27.5 Å². The zero-order chi connectivity index (χ0) is 14.8. The van der Waals surface area contributed by atoms with Gasteiger partial charge in [0, 0.05) is 16.2 Å². The highest BCUT2D eigenvalue weighted by Crippen LogP contribution is 2.21. The highest BCUT2D eigenvalue weighted by molar-refractivity contribution is 9.10. The molecule has 0 saturated carbocycles. The highest BCUT2D eigenvalue weighted by atomic mass is 79.9. The molecule has 0 saturated heterocycles. The Balaban J connectivity index is 1.89. The average molecular weight is 363 g/mol. The molecule has 0 fully saturated rings. The lowest BCUT2D eigenvalue weighted by Gasteiger charge is -2.05. The van der Waals surface area contributed by atoms with Crippen LogP contribution in [0.1, 0.15) is 10.4 Å². The summed E-state index contributed by atoms with van der Waals surface area (Å²) in [6.07, 6.45) is 1.49. The van der Waals surface area contributed by atoms with Gasteiger partial charge in [-0.25, -0.2) is 9.97 Å². The fraction of sp³-hybridized carbons (Fsp3) is 0. The normalized spacial score (nSPS) is 10.6. The Labute approximate surface area is 134 Å². The van der Waals surface area contributed by atoms with Crippen LogP contribution in [0.15, 0.2) is 53.1 Å². The summed E-state index contributed by atoms with van der Waals surface area (Å²) < 4.78 is 1.000. The van der Waals surface area contributed by atoms with Crippen molar-refractivity contribution in [2.24, 2.45) is 0 Å². The van der Waals surface area contributed by atoms with E-state index in [2.05, 4.69) is 31.2 Å². The van der Waals surface area contributed by atoms with Crippen molar-refractivity contribution in [1.82, 2.24) is 9.97 Å². The summed E-state index contributed by atoms with van der Waals surface area (Å²) >= 11 is 9.18. The van der Waals surface area contributed by atoms with Crippen LogP contribution in [0, 0.1) is 0 Å². The third kappa shape index (κ3) is 3.20. The van der Waals surface area contributed by atoms with Gasteiger partial charge in [-0.1, -0.05) is 39.7 Å². The van der Waals surface area contributed by atoms with Crippen LogP contribution in [0.4, 0.5) is 5.95 Å². The summed E-state index contributed by atoms with van der Waals surface area (Å²) in [5.41, 5.74) is 0.536. The van der Waals surface area contributed by atoms with E-state index in [4.69, 9.17) is 11.6 Å². The molecule has 4 nitrogen and oxygen atoms in total. The standard InChI is InChI=1S/C15H9BrClN3O/c16-12-4-3-9-7-11(2-1-10(9)8-12)14(21)20-15-18-6-5-13(17)19-15/h1-8H,(H,18,19,20,21). The monoisotopic (exact) mass is 361 g/mol. The van der Waals surface area contributed by atoms with Crippen molar-refractivity contribution in [2.45, 2.75) is 0 Å². The maximum absolute atomic E-state index is 12.2. The summed E-state index contributed by atoms with van der Waals surface area (Å²) in [6.45, 7) is 0. The van der Waals surface area contributed by atoms with E-state index in [9.17, 15) is 4.79 Å². The van der Waals surface area contributed by atoms with Gasteiger partial charge < -0.3 is 0 Å². The topological polar surface area (TPSA) is 54.9 Å². The zero-order valence-corrected chi connectivity index (χ0v) is 13.0. The first-order valence-electron chi connectivity index (χ1n) is 6.11. The van der Waals surface area contributed by atoms with Gasteiger partial charge in [0.1, 0.15) is 5.15 Å². The van der Waals surface area contributed by atoms with E-state index in [1.165, 1.54) is 6.20 Å². The van der Waals surface area contributed by atoms with E-state index < -0.39 is 0 Å². The van der Waals surface area contributed by atoms with Crippen molar-refractivity contribution in [3.8, 4) is 0 Å². The van der Waals surface area contributed by atoms with Gasteiger partial charge >= 0.3 is 0 Å². The van der Waals surface area contributed by atoms with Gasteiger partial charge in [-0.2, -0.15) is 0 Å². The number of benzene rings is 2. The number of rotatable bonds is 2. The molecule has 3 rings (SSSR count). The molecule has 2 aromatic carbocycles. The maximum atomic E-state index is 12.2. The first kappa shape index (κ1) is 14.0. The Morgan fingerprint density at radius 2 is 1.86 bits per heavy atom. The van der Waals surface area contributed by atoms with Crippen LogP contribution in [0.5, 0.6) is 0 Å². The number of hydrogen-bond acceptors (Lipinski definition) is 3. The van der Waals surface area contributed by atoms with Crippen molar-refractivity contribution in [3.63, 3.8) is 0 Å². The molecule has 1 amide bonds. The van der Waals surface area contributed by atoms with Gasteiger partial charge in [-0.3, -0.25) is 10.1 Å². The first-order chi connectivity index (χ1) is 10.1. The first-order valence-corrected chi connectivity index (χ1v) is 7.28. The Bertz CT molecular complexity index is 838. The predicted octanol–water partition coefficient (Wildman–Crippen LogP) is 4.30. The number of nitrogens with one attached hydrogen (secondary N) is 1. The molecule has 0 unspecified atom stereocenters. The lowest BCUT2D eigenvalue weighted by Crippen LogP contribution is -2.14. The molecule has 104 valence electrons. The fourth-order valence-electron chi connectivity index (χ4n) is 1.93. The Hall–Kier alpha value is -1.98. The number of hydrogen-bond donors (Lipinski definition) is 1. The smallest absolute Gasteiger partial charge is 0.258 e. The molecule has 1 aromatic heterocycles. The van der Waals surface area contributed by atoms with Gasteiger partial charge in [-0.05, 0) is 41.1 Å². The number of carbonyl (C=O) groups excluding carboxylic acids is 1. The van der Waals surface area contributed by atoms with Crippen LogP contribution in [0.2, 0.25) is 5.15 Å². The quantitative estimate of drug-likeness (QED) is 0.692. The second kappa shape index (κ2) is 5.79. The molecule has 1 N–H and O–H groups in total. The summed E-state index contributed by atoms with van der Waals surface area (Å²) in [5.74, 6) is -0.0921. The van der Waals surface area contributed by atoms with E-state index in [0.717, 1.165) is 15.2 Å². The highest BCUT2D eigenvalue weighted by Gasteiger charge is 2.09. The molecule has 0 radical (unpaired) electrons. The van der Waals surface area contributed by atoms with E-state index in [0.29, 0.717) is 5.56 Å².